The summed E-state index contributed by atoms with van der Waals surface area (Å²) in [6.07, 6.45) is 2.45. The van der Waals surface area contributed by atoms with Crippen molar-refractivity contribution < 1.29 is 9.18 Å². The number of likely N-dealkylation sites (N-methyl/N-ethyl adjacent to an activating group) is 1. The SMILES string of the molecule is Cc1cc(N)cc(C(=O)N(C)CCN2CCCC2)c1F. The zero-order valence-electron chi connectivity index (χ0n) is 12.2. The molecule has 5 heteroatoms. The van der Waals surface area contributed by atoms with Gasteiger partial charge in [-0.2, -0.15) is 0 Å². The van der Waals surface area contributed by atoms with Crippen LogP contribution in [0, 0.1) is 12.7 Å². The summed E-state index contributed by atoms with van der Waals surface area (Å²) in [5, 5.41) is 0. The predicted molar refractivity (Wildman–Crippen MR) is 78.2 cm³/mol. The van der Waals surface area contributed by atoms with Crippen LogP contribution in [0.15, 0.2) is 12.1 Å². The molecule has 0 spiro atoms. The molecule has 0 radical (unpaired) electrons. The van der Waals surface area contributed by atoms with E-state index in [0.29, 0.717) is 17.8 Å². The molecule has 1 aromatic rings. The number of nitrogen functional groups attached to an aromatic ring is 1. The highest BCUT2D eigenvalue weighted by molar-refractivity contribution is 5.95. The zero-order chi connectivity index (χ0) is 14.7. The molecule has 1 aliphatic heterocycles. The fourth-order valence-electron chi connectivity index (χ4n) is 2.56. The molecule has 0 saturated carbocycles. The lowest BCUT2D eigenvalue weighted by Gasteiger charge is -2.22. The number of nitrogens with two attached hydrogens (primary N) is 1. The molecule has 0 aliphatic carbocycles. The lowest BCUT2D eigenvalue weighted by molar-refractivity contribution is 0.0777. The molecule has 1 heterocycles. The fourth-order valence-corrected chi connectivity index (χ4v) is 2.56. The number of hydrogen-bond acceptors (Lipinski definition) is 3. The molecule has 20 heavy (non-hydrogen) atoms. The average molecular weight is 279 g/mol. The van der Waals surface area contributed by atoms with Crippen LogP contribution in [0.25, 0.3) is 0 Å². The summed E-state index contributed by atoms with van der Waals surface area (Å²) >= 11 is 0. The lowest BCUT2D eigenvalue weighted by atomic mass is 10.1. The number of rotatable bonds is 4. The van der Waals surface area contributed by atoms with E-state index in [1.165, 1.54) is 25.0 Å². The first-order valence-electron chi connectivity index (χ1n) is 7.02. The largest absolute Gasteiger partial charge is 0.399 e. The quantitative estimate of drug-likeness (QED) is 0.856. The van der Waals surface area contributed by atoms with Crippen molar-refractivity contribution in [2.45, 2.75) is 19.8 Å². The van der Waals surface area contributed by atoms with E-state index in [4.69, 9.17) is 5.73 Å². The van der Waals surface area contributed by atoms with Gasteiger partial charge in [0.2, 0.25) is 0 Å². The van der Waals surface area contributed by atoms with Crippen LogP contribution in [-0.4, -0.2) is 48.9 Å². The van der Waals surface area contributed by atoms with Gasteiger partial charge in [-0.15, -0.1) is 0 Å². The number of benzene rings is 1. The number of nitrogens with zero attached hydrogens (tertiary/aromatic N) is 2. The highest BCUT2D eigenvalue weighted by Crippen LogP contribution is 2.18. The fraction of sp³-hybridized carbons (Fsp3) is 0.533. The minimum Gasteiger partial charge on any atom is -0.399 e. The van der Waals surface area contributed by atoms with Gasteiger partial charge in [-0.3, -0.25) is 4.79 Å². The van der Waals surface area contributed by atoms with Gasteiger partial charge in [0, 0.05) is 25.8 Å². The highest BCUT2D eigenvalue weighted by atomic mass is 19.1. The number of anilines is 1. The average Bonchev–Trinajstić information content (AvgIpc) is 2.92. The van der Waals surface area contributed by atoms with Crippen LogP contribution in [0.5, 0.6) is 0 Å². The van der Waals surface area contributed by atoms with E-state index in [1.807, 2.05) is 0 Å². The van der Waals surface area contributed by atoms with E-state index in [1.54, 1.807) is 18.9 Å². The molecule has 0 unspecified atom stereocenters. The molecule has 2 N–H and O–H groups in total. The summed E-state index contributed by atoms with van der Waals surface area (Å²) in [6.45, 7) is 5.24. The summed E-state index contributed by atoms with van der Waals surface area (Å²) in [4.78, 5) is 16.2. The predicted octanol–water partition coefficient (Wildman–Crippen LogP) is 1.88. The van der Waals surface area contributed by atoms with Crippen molar-refractivity contribution >= 4 is 11.6 Å². The number of halogens is 1. The second-order valence-corrected chi connectivity index (χ2v) is 5.47. The summed E-state index contributed by atoms with van der Waals surface area (Å²) in [5.41, 5.74) is 6.58. The second kappa shape index (κ2) is 6.22. The van der Waals surface area contributed by atoms with E-state index in [2.05, 4.69) is 4.90 Å². The van der Waals surface area contributed by atoms with Crippen molar-refractivity contribution in [1.82, 2.24) is 9.80 Å². The monoisotopic (exact) mass is 279 g/mol. The molecule has 0 atom stereocenters. The smallest absolute Gasteiger partial charge is 0.256 e. The number of carbonyl (C=O) groups is 1. The van der Waals surface area contributed by atoms with E-state index < -0.39 is 5.82 Å². The Kier molecular flexibility index (Phi) is 4.60. The minimum atomic E-state index is -0.475. The molecule has 4 nitrogen and oxygen atoms in total. The Labute approximate surface area is 119 Å². The van der Waals surface area contributed by atoms with Crippen molar-refractivity contribution in [3.8, 4) is 0 Å². The van der Waals surface area contributed by atoms with E-state index in [9.17, 15) is 9.18 Å². The first-order valence-corrected chi connectivity index (χ1v) is 7.02. The second-order valence-electron chi connectivity index (χ2n) is 5.47. The molecule has 1 saturated heterocycles. The van der Waals surface area contributed by atoms with Crippen LogP contribution in [0.3, 0.4) is 0 Å². The van der Waals surface area contributed by atoms with E-state index >= 15 is 0 Å². The maximum Gasteiger partial charge on any atom is 0.256 e. The first-order chi connectivity index (χ1) is 9.49. The van der Waals surface area contributed by atoms with E-state index in [-0.39, 0.29) is 11.5 Å². The topological polar surface area (TPSA) is 49.6 Å². The molecule has 0 bridgehead atoms. The van der Waals surface area contributed by atoms with E-state index in [0.717, 1.165) is 19.6 Å². The summed E-state index contributed by atoms with van der Waals surface area (Å²) < 4.78 is 14.0. The first kappa shape index (κ1) is 14.8. The maximum absolute atomic E-state index is 14.0. The minimum absolute atomic E-state index is 0.0615. The molecule has 1 fully saturated rings. The number of likely N-dealkylation sites (tertiary alicyclic amines) is 1. The normalized spacial score (nSPS) is 15.6. The van der Waals surface area contributed by atoms with Gasteiger partial charge in [0.15, 0.2) is 0 Å². The Morgan fingerprint density at radius 2 is 2.05 bits per heavy atom. The van der Waals surface area contributed by atoms with Gasteiger partial charge >= 0.3 is 0 Å². The molecular weight excluding hydrogens is 257 g/mol. The Morgan fingerprint density at radius 3 is 2.70 bits per heavy atom. The van der Waals surface area contributed by atoms with Crippen molar-refractivity contribution in [2.75, 3.05) is 39.0 Å². The maximum atomic E-state index is 14.0. The van der Waals surface area contributed by atoms with Gasteiger partial charge in [0.25, 0.3) is 5.91 Å². The summed E-state index contributed by atoms with van der Waals surface area (Å²) in [5.74, 6) is -0.783. The van der Waals surface area contributed by atoms with Gasteiger partial charge in [-0.1, -0.05) is 0 Å². The summed E-state index contributed by atoms with van der Waals surface area (Å²) in [6, 6.07) is 2.95. The van der Waals surface area contributed by atoms with Gasteiger partial charge < -0.3 is 15.5 Å². The van der Waals surface area contributed by atoms with Gasteiger partial charge in [0.05, 0.1) is 5.56 Å². The molecular formula is C15H22FN3O. The Balaban J connectivity index is 2.02. The Bertz CT molecular complexity index is 498. The lowest BCUT2D eigenvalue weighted by Crippen LogP contribution is -2.35. The Hall–Kier alpha value is -1.62. The van der Waals surface area contributed by atoms with Crippen LogP contribution >= 0.6 is 0 Å². The standard InChI is InChI=1S/C15H22FN3O/c1-11-9-12(17)10-13(14(11)16)15(20)18(2)7-8-19-5-3-4-6-19/h9-10H,3-8,17H2,1-2H3. The van der Waals surface area contributed by atoms with Crippen LogP contribution in [0.2, 0.25) is 0 Å². The zero-order valence-corrected chi connectivity index (χ0v) is 12.2. The molecule has 1 aromatic carbocycles. The van der Waals surface area contributed by atoms with Gasteiger partial charge in [0.1, 0.15) is 5.82 Å². The molecule has 2 rings (SSSR count). The van der Waals surface area contributed by atoms with Crippen LogP contribution in [-0.2, 0) is 0 Å². The van der Waals surface area contributed by atoms with Gasteiger partial charge in [-0.25, -0.2) is 4.39 Å². The van der Waals surface area contributed by atoms with Crippen LogP contribution in [0.1, 0.15) is 28.8 Å². The van der Waals surface area contributed by atoms with Crippen molar-refractivity contribution in [3.05, 3.63) is 29.1 Å². The van der Waals surface area contributed by atoms with Crippen LogP contribution in [0.4, 0.5) is 10.1 Å². The van der Waals surface area contributed by atoms with Crippen LogP contribution < -0.4 is 5.73 Å². The van der Waals surface area contributed by atoms with Crippen molar-refractivity contribution in [1.29, 1.82) is 0 Å². The number of hydrogen-bond donors (Lipinski definition) is 1. The molecule has 1 amide bonds. The van der Waals surface area contributed by atoms with Gasteiger partial charge in [-0.05, 0) is 50.6 Å². The highest BCUT2D eigenvalue weighted by Gasteiger charge is 2.19. The molecule has 110 valence electrons. The Morgan fingerprint density at radius 1 is 1.40 bits per heavy atom. The third-order valence-corrected chi connectivity index (χ3v) is 3.80. The molecule has 1 aliphatic rings. The third kappa shape index (κ3) is 3.28. The summed E-state index contributed by atoms with van der Waals surface area (Å²) in [7, 11) is 1.70. The van der Waals surface area contributed by atoms with Crippen molar-refractivity contribution in [2.24, 2.45) is 0 Å². The number of aryl methyl sites for hydroxylation is 1. The van der Waals surface area contributed by atoms with Crippen molar-refractivity contribution in [3.63, 3.8) is 0 Å². The number of carbonyl (C=O) groups excluding carboxylic acids is 1. The number of amides is 1. The third-order valence-electron chi connectivity index (χ3n) is 3.80. The molecule has 0 aromatic heterocycles.